The smallest absolute Gasteiger partial charge is 0.380 e. The number of carbonyl (C=O) groups excluding carboxylic acids is 1. The van der Waals surface area contributed by atoms with Gasteiger partial charge in [0.15, 0.2) is 5.76 Å². The molecule has 0 bridgehead atoms. The Morgan fingerprint density at radius 3 is 2.44 bits per heavy atom. The molecule has 0 amide bonds. The molecular weight excluding hydrogens is 232 g/mol. The molecule has 18 heavy (non-hydrogen) atoms. The van der Waals surface area contributed by atoms with Crippen LogP contribution in [-0.4, -0.2) is 16.9 Å². The largest absolute Gasteiger partial charge is 0.475 e. The fraction of sp³-hybridized carbons (Fsp3) is 0. The lowest BCUT2D eigenvalue weighted by molar-refractivity contribution is -0.131. The van der Waals surface area contributed by atoms with Crippen molar-refractivity contribution < 1.29 is 19.1 Å². The number of ketones is 1. The van der Waals surface area contributed by atoms with E-state index in [4.69, 9.17) is 9.52 Å². The Labute approximate surface area is 103 Å². The third-order valence-electron chi connectivity index (χ3n) is 2.35. The van der Waals surface area contributed by atoms with Crippen molar-refractivity contribution in [2.75, 3.05) is 0 Å². The van der Waals surface area contributed by atoms with Gasteiger partial charge in [0, 0.05) is 5.56 Å². The zero-order valence-electron chi connectivity index (χ0n) is 9.37. The van der Waals surface area contributed by atoms with Gasteiger partial charge in [0.1, 0.15) is 0 Å². The summed E-state index contributed by atoms with van der Waals surface area (Å²) in [5.74, 6) is -2.73. The van der Waals surface area contributed by atoms with E-state index < -0.39 is 11.8 Å². The molecule has 90 valence electrons. The number of hydrogen-bond acceptors (Lipinski definition) is 3. The van der Waals surface area contributed by atoms with Gasteiger partial charge in [-0.2, -0.15) is 0 Å². The summed E-state index contributed by atoms with van der Waals surface area (Å²) >= 11 is 0. The summed E-state index contributed by atoms with van der Waals surface area (Å²) in [7, 11) is 0. The van der Waals surface area contributed by atoms with E-state index in [0.29, 0.717) is 5.56 Å². The highest BCUT2D eigenvalue weighted by atomic mass is 16.4. The second-order valence-electron chi connectivity index (χ2n) is 3.58. The number of rotatable bonds is 4. The molecule has 0 saturated heterocycles. The van der Waals surface area contributed by atoms with Crippen LogP contribution in [0.25, 0.3) is 12.2 Å². The van der Waals surface area contributed by atoms with Gasteiger partial charge in [0.05, 0.1) is 6.26 Å². The highest BCUT2D eigenvalue weighted by molar-refractivity contribution is 6.39. The topological polar surface area (TPSA) is 67.5 Å². The Bertz CT molecular complexity index is 593. The van der Waals surface area contributed by atoms with E-state index in [9.17, 15) is 9.59 Å². The molecule has 0 saturated carbocycles. The first-order chi connectivity index (χ1) is 8.68. The number of furan rings is 1. The van der Waals surface area contributed by atoms with Gasteiger partial charge in [0.25, 0.3) is 0 Å². The number of Topliss-reactive ketones (excluding diaryl/α,β-unsaturated/α-hetero) is 1. The van der Waals surface area contributed by atoms with Crippen molar-refractivity contribution in [1.29, 1.82) is 0 Å². The molecule has 0 aliphatic rings. The lowest BCUT2D eigenvalue weighted by Crippen LogP contribution is -2.12. The Kier molecular flexibility index (Phi) is 3.38. The molecule has 1 heterocycles. The zero-order valence-corrected chi connectivity index (χ0v) is 9.37. The maximum absolute atomic E-state index is 11.3. The zero-order chi connectivity index (χ0) is 13.0. The fourth-order valence-electron chi connectivity index (χ4n) is 1.48. The van der Waals surface area contributed by atoms with E-state index in [-0.39, 0.29) is 5.76 Å². The van der Waals surface area contributed by atoms with E-state index in [2.05, 4.69) is 0 Å². The average Bonchev–Trinajstić information content (AvgIpc) is 2.84. The summed E-state index contributed by atoms with van der Waals surface area (Å²) in [4.78, 5) is 21.9. The van der Waals surface area contributed by atoms with E-state index in [0.717, 1.165) is 5.56 Å². The van der Waals surface area contributed by atoms with Crippen molar-refractivity contribution in [2.24, 2.45) is 0 Å². The Morgan fingerprint density at radius 1 is 1.06 bits per heavy atom. The summed E-state index contributed by atoms with van der Waals surface area (Å²) < 4.78 is 4.89. The van der Waals surface area contributed by atoms with Crippen LogP contribution in [-0.2, 0) is 4.79 Å². The van der Waals surface area contributed by atoms with Crippen LogP contribution < -0.4 is 0 Å². The van der Waals surface area contributed by atoms with Crippen molar-refractivity contribution >= 4 is 23.9 Å². The van der Waals surface area contributed by atoms with Gasteiger partial charge in [-0.05, 0) is 11.6 Å². The number of benzene rings is 1. The molecule has 1 N–H and O–H groups in total. The van der Waals surface area contributed by atoms with Crippen LogP contribution in [0.4, 0.5) is 0 Å². The third kappa shape index (κ3) is 2.55. The molecule has 0 aliphatic carbocycles. The number of hydrogen-bond donors (Lipinski definition) is 1. The van der Waals surface area contributed by atoms with Crippen molar-refractivity contribution in [3.05, 3.63) is 59.5 Å². The van der Waals surface area contributed by atoms with Crippen LogP contribution in [0.2, 0.25) is 0 Å². The van der Waals surface area contributed by atoms with Crippen molar-refractivity contribution in [2.45, 2.75) is 0 Å². The molecular formula is C14H10O4. The van der Waals surface area contributed by atoms with Gasteiger partial charge < -0.3 is 9.52 Å². The van der Waals surface area contributed by atoms with Crippen molar-refractivity contribution in [3.63, 3.8) is 0 Å². The molecule has 4 heteroatoms. The second kappa shape index (κ2) is 5.14. The van der Waals surface area contributed by atoms with Gasteiger partial charge in [-0.3, -0.25) is 4.79 Å². The summed E-state index contributed by atoms with van der Waals surface area (Å²) in [6.45, 7) is 0. The maximum Gasteiger partial charge on any atom is 0.380 e. The summed E-state index contributed by atoms with van der Waals surface area (Å²) in [5.41, 5.74) is 1.40. The van der Waals surface area contributed by atoms with E-state index in [1.54, 1.807) is 18.2 Å². The van der Waals surface area contributed by atoms with Gasteiger partial charge in [-0.15, -0.1) is 0 Å². The van der Waals surface area contributed by atoms with Crippen LogP contribution >= 0.6 is 0 Å². The highest BCUT2D eigenvalue weighted by Crippen LogP contribution is 2.15. The summed E-state index contributed by atoms with van der Waals surface area (Å²) in [5, 5.41) is 8.63. The molecule has 0 atom stereocenters. The third-order valence-corrected chi connectivity index (χ3v) is 2.35. The average molecular weight is 242 g/mol. The van der Waals surface area contributed by atoms with Crippen molar-refractivity contribution in [3.8, 4) is 0 Å². The quantitative estimate of drug-likeness (QED) is 0.661. The Balaban J connectivity index is 2.26. The van der Waals surface area contributed by atoms with Gasteiger partial charge in [-0.25, -0.2) is 4.79 Å². The molecule has 2 aromatic rings. The lowest BCUT2D eigenvalue weighted by Gasteiger charge is -1.94. The first-order valence-electron chi connectivity index (χ1n) is 5.27. The molecule has 1 aromatic carbocycles. The maximum atomic E-state index is 11.3. The molecule has 0 radical (unpaired) electrons. The van der Waals surface area contributed by atoms with Gasteiger partial charge in [0.2, 0.25) is 0 Å². The number of carboxylic acids is 1. The van der Waals surface area contributed by atoms with E-state index >= 15 is 0 Å². The Hall–Kier alpha value is -2.62. The molecule has 0 aliphatic heterocycles. The molecule has 0 fully saturated rings. The predicted octanol–water partition coefficient (Wildman–Crippen LogP) is 2.72. The minimum atomic E-state index is -1.53. The van der Waals surface area contributed by atoms with E-state index in [1.165, 1.54) is 6.26 Å². The van der Waals surface area contributed by atoms with Gasteiger partial charge in [-0.1, -0.05) is 42.5 Å². The number of aliphatic carboxylic acids is 1. The van der Waals surface area contributed by atoms with Gasteiger partial charge >= 0.3 is 11.8 Å². The molecule has 4 nitrogen and oxygen atoms in total. The molecule has 2 rings (SSSR count). The van der Waals surface area contributed by atoms with Crippen LogP contribution in [0.3, 0.4) is 0 Å². The fourth-order valence-corrected chi connectivity index (χ4v) is 1.48. The lowest BCUT2D eigenvalue weighted by atomic mass is 10.1. The number of carbonyl (C=O) groups is 2. The van der Waals surface area contributed by atoms with Crippen LogP contribution in [0.5, 0.6) is 0 Å². The number of carboxylic acid groups (broad SMARTS) is 1. The minimum Gasteiger partial charge on any atom is -0.475 e. The normalized spacial score (nSPS) is 10.7. The SMILES string of the molecule is O=C(O)C(=O)c1occc1/C=C/c1ccccc1. The van der Waals surface area contributed by atoms with Crippen molar-refractivity contribution in [1.82, 2.24) is 0 Å². The summed E-state index contributed by atoms with van der Waals surface area (Å²) in [6, 6.07) is 11.0. The molecule has 0 spiro atoms. The summed E-state index contributed by atoms with van der Waals surface area (Å²) in [6.07, 6.45) is 4.72. The van der Waals surface area contributed by atoms with E-state index in [1.807, 2.05) is 30.3 Å². The second-order valence-corrected chi connectivity index (χ2v) is 3.58. The molecule has 1 aromatic heterocycles. The Morgan fingerprint density at radius 2 is 1.78 bits per heavy atom. The highest BCUT2D eigenvalue weighted by Gasteiger charge is 2.20. The standard InChI is InChI=1S/C14H10O4/c15-12(14(16)17)13-11(8-9-18-13)7-6-10-4-2-1-3-5-10/h1-9H,(H,16,17)/b7-6+. The molecule has 0 unspecified atom stereocenters. The predicted molar refractivity (Wildman–Crippen MR) is 66.0 cm³/mol. The van der Waals surface area contributed by atoms with Crippen LogP contribution in [0, 0.1) is 0 Å². The van der Waals surface area contributed by atoms with Crippen LogP contribution in [0.1, 0.15) is 21.7 Å². The minimum absolute atomic E-state index is 0.158. The monoisotopic (exact) mass is 242 g/mol. The van der Waals surface area contributed by atoms with Crippen LogP contribution in [0.15, 0.2) is 47.1 Å². The first kappa shape index (κ1) is 11.9. The first-order valence-corrected chi connectivity index (χ1v) is 5.27.